The highest BCUT2D eigenvalue weighted by atomic mass is 16.5. The summed E-state index contributed by atoms with van der Waals surface area (Å²) < 4.78 is 10.8. The molecule has 0 heterocycles. The van der Waals surface area contributed by atoms with Crippen LogP contribution in [0.15, 0.2) is 60.7 Å². The molecule has 29 heavy (non-hydrogen) atoms. The summed E-state index contributed by atoms with van der Waals surface area (Å²) >= 11 is 0. The molecule has 0 saturated carbocycles. The van der Waals surface area contributed by atoms with Crippen LogP contribution in [-0.4, -0.2) is 19.0 Å². The molecule has 1 unspecified atom stereocenters. The van der Waals surface area contributed by atoms with Crippen molar-refractivity contribution in [1.29, 1.82) is 0 Å². The second-order valence-electron chi connectivity index (χ2n) is 6.82. The van der Waals surface area contributed by atoms with Gasteiger partial charge < -0.3 is 14.8 Å². The van der Waals surface area contributed by atoms with Crippen LogP contribution in [0.3, 0.4) is 0 Å². The number of amides is 1. The van der Waals surface area contributed by atoms with Crippen molar-refractivity contribution in [2.75, 3.05) is 7.11 Å². The Labute approximate surface area is 170 Å². The van der Waals surface area contributed by atoms with E-state index < -0.39 is 12.0 Å². The number of carbonyl (C=O) groups is 2. The van der Waals surface area contributed by atoms with E-state index in [0.29, 0.717) is 12.2 Å². The smallest absolute Gasteiger partial charge is 0.308 e. The van der Waals surface area contributed by atoms with Crippen LogP contribution in [0.4, 0.5) is 0 Å². The minimum atomic E-state index is -0.472. The zero-order chi connectivity index (χ0) is 20.8. The van der Waals surface area contributed by atoms with Crippen molar-refractivity contribution < 1.29 is 19.1 Å². The lowest BCUT2D eigenvalue weighted by molar-refractivity contribution is -0.131. The minimum Gasteiger partial charge on any atom is -0.497 e. The van der Waals surface area contributed by atoms with Gasteiger partial charge in [0.05, 0.1) is 13.2 Å². The average molecular weight is 391 g/mol. The molecule has 1 amide bonds. The zero-order valence-electron chi connectivity index (χ0n) is 16.9. The van der Waals surface area contributed by atoms with E-state index in [4.69, 9.17) is 9.47 Å². The molecule has 0 spiro atoms. The van der Waals surface area contributed by atoms with Gasteiger partial charge in [0.1, 0.15) is 11.5 Å². The molecule has 3 aromatic rings. The van der Waals surface area contributed by atoms with E-state index in [-0.39, 0.29) is 5.91 Å². The fraction of sp³-hybridized carbons (Fsp3) is 0.250. The molecule has 0 aromatic heterocycles. The Bertz CT molecular complexity index is 1010. The Morgan fingerprint density at radius 2 is 1.72 bits per heavy atom. The fourth-order valence-electron chi connectivity index (χ4n) is 3.40. The number of methoxy groups -OCH3 is 1. The molecule has 0 bridgehead atoms. The van der Waals surface area contributed by atoms with Crippen molar-refractivity contribution in [2.24, 2.45) is 0 Å². The van der Waals surface area contributed by atoms with Gasteiger partial charge in [-0.25, -0.2) is 0 Å². The van der Waals surface area contributed by atoms with Crippen molar-refractivity contribution in [3.05, 3.63) is 71.8 Å². The quantitative estimate of drug-likeness (QED) is 0.465. The molecule has 0 aliphatic carbocycles. The maximum Gasteiger partial charge on any atom is 0.308 e. The predicted molar refractivity (Wildman–Crippen MR) is 113 cm³/mol. The van der Waals surface area contributed by atoms with E-state index in [1.54, 1.807) is 13.2 Å². The first kappa shape index (κ1) is 20.4. The SMILES string of the molecule is CCCC(=O)NC(c1ccc(OC)cc1)c1c(OC(C)=O)ccc2ccccc12. The average Bonchev–Trinajstić information content (AvgIpc) is 2.72. The standard InChI is InChI=1S/C24H25NO4/c1-4-7-22(27)25-24(18-10-13-19(28-3)14-11-18)23-20-9-6-5-8-17(20)12-15-21(23)29-16(2)26/h5-6,8-15,24H,4,7H2,1-3H3,(H,25,27). The number of hydrogen-bond acceptors (Lipinski definition) is 4. The first-order valence-electron chi connectivity index (χ1n) is 9.66. The highest BCUT2D eigenvalue weighted by Gasteiger charge is 2.24. The van der Waals surface area contributed by atoms with Crippen LogP contribution in [0.25, 0.3) is 10.8 Å². The third-order valence-corrected chi connectivity index (χ3v) is 4.70. The van der Waals surface area contributed by atoms with Gasteiger partial charge in [-0.15, -0.1) is 0 Å². The number of ether oxygens (including phenoxy) is 2. The van der Waals surface area contributed by atoms with Crippen molar-refractivity contribution >= 4 is 22.6 Å². The van der Waals surface area contributed by atoms with Gasteiger partial charge in [-0.05, 0) is 41.0 Å². The molecule has 0 aliphatic rings. The van der Waals surface area contributed by atoms with Crippen LogP contribution in [0.1, 0.15) is 43.9 Å². The molecular formula is C24H25NO4. The van der Waals surface area contributed by atoms with Crippen LogP contribution in [0.5, 0.6) is 11.5 Å². The Kier molecular flexibility index (Phi) is 6.50. The van der Waals surface area contributed by atoms with Gasteiger partial charge >= 0.3 is 5.97 Å². The lowest BCUT2D eigenvalue weighted by Gasteiger charge is -2.24. The number of esters is 1. The van der Waals surface area contributed by atoms with E-state index in [9.17, 15) is 9.59 Å². The molecule has 0 radical (unpaired) electrons. The van der Waals surface area contributed by atoms with Gasteiger partial charge in [0.15, 0.2) is 0 Å². The number of carbonyl (C=O) groups excluding carboxylic acids is 2. The van der Waals surface area contributed by atoms with Gasteiger partial charge in [0.25, 0.3) is 0 Å². The molecule has 0 aliphatic heterocycles. The number of benzene rings is 3. The second kappa shape index (κ2) is 9.24. The summed E-state index contributed by atoms with van der Waals surface area (Å²) in [5, 5.41) is 5.04. The highest BCUT2D eigenvalue weighted by molar-refractivity contribution is 5.90. The Morgan fingerprint density at radius 3 is 2.38 bits per heavy atom. The summed E-state index contributed by atoms with van der Waals surface area (Å²) in [6, 6.07) is 18.6. The Hall–Kier alpha value is -3.34. The first-order chi connectivity index (χ1) is 14.0. The number of hydrogen-bond donors (Lipinski definition) is 1. The van der Waals surface area contributed by atoms with E-state index in [1.807, 2.05) is 61.5 Å². The Morgan fingerprint density at radius 1 is 1.00 bits per heavy atom. The summed E-state index contributed by atoms with van der Waals surface area (Å²) in [6.07, 6.45) is 1.16. The molecule has 0 saturated heterocycles. The maximum atomic E-state index is 12.5. The van der Waals surface area contributed by atoms with E-state index in [1.165, 1.54) is 6.92 Å². The monoisotopic (exact) mass is 391 g/mol. The molecule has 3 aromatic carbocycles. The van der Waals surface area contributed by atoms with Crippen LogP contribution in [-0.2, 0) is 9.59 Å². The van der Waals surface area contributed by atoms with Gasteiger partial charge in [-0.3, -0.25) is 9.59 Å². The molecule has 5 nitrogen and oxygen atoms in total. The zero-order valence-corrected chi connectivity index (χ0v) is 16.9. The number of fused-ring (bicyclic) bond motifs is 1. The summed E-state index contributed by atoms with van der Waals surface area (Å²) in [5.41, 5.74) is 1.63. The third-order valence-electron chi connectivity index (χ3n) is 4.70. The Balaban J connectivity index is 2.20. The third kappa shape index (κ3) is 4.74. The molecule has 150 valence electrons. The highest BCUT2D eigenvalue weighted by Crippen LogP contribution is 2.37. The largest absolute Gasteiger partial charge is 0.497 e. The van der Waals surface area contributed by atoms with Crippen LogP contribution in [0.2, 0.25) is 0 Å². The minimum absolute atomic E-state index is 0.0602. The van der Waals surface area contributed by atoms with Crippen LogP contribution < -0.4 is 14.8 Å². The van der Waals surface area contributed by atoms with Gasteiger partial charge in [0.2, 0.25) is 5.91 Å². The lowest BCUT2D eigenvalue weighted by Crippen LogP contribution is -2.29. The van der Waals surface area contributed by atoms with Crippen molar-refractivity contribution in [1.82, 2.24) is 5.32 Å². The molecule has 0 fully saturated rings. The lowest BCUT2D eigenvalue weighted by atomic mass is 9.92. The summed E-state index contributed by atoms with van der Waals surface area (Å²) in [7, 11) is 1.61. The number of nitrogens with one attached hydrogen (secondary N) is 1. The fourth-order valence-corrected chi connectivity index (χ4v) is 3.40. The van der Waals surface area contributed by atoms with Crippen LogP contribution in [0, 0.1) is 0 Å². The number of rotatable bonds is 7. The van der Waals surface area contributed by atoms with E-state index in [0.717, 1.165) is 34.1 Å². The van der Waals surface area contributed by atoms with Crippen molar-refractivity contribution in [2.45, 2.75) is 32.7 Å². The first-order valence-corrected chi connectivity index (χ1v) is 9.66. The van der Waals surface area contributed by atoms with Gasteiger partial charge in [-0.2, -0.15) is 0 Å². The molecule has 5 heteroatoms. The normalized spacial score (nSPS) is 11.7. The molecular weight excluding hydrogens is 366 g/mol. The summed E-state index contributed by atoms with van der Waals surface area (Å²) in [5.74, 6) is 0.698. The van der Waals surface area contributed by atoms with Gasteiger partial charge in [-0.1, -0.05) is 49.4 Å². The van der Waals surface area contributed by atoms with E-state index >= 15 is 0 Å². The molecule has 3 rings (SSSR count). The van der Waals surface area contributed by atoms with Crippen molar-refractivity contribution in [3.8, 4) is 11.5 Å². The topological polar surface area (TPSA) is 64.6 Å². The second-order valence-corrected chi connectivity index (χ2v) is 6.82. The molecule has 1 atom stereocenters. The summed E-state index contributed by atoms with van der Waals surface area (Å²) in [4.78, 5) is 24.3. The molecule has 1 N–H and O–H groups in total. The summed E-state index contributed by atoms with van der Waals surface area (Å²) in [6.45, 7) is 3.33. The van der Waals surface area contributed by atoms with Gasteiger partial charge in [0, 0.05) is 18.9 Å². The predicted octanol–water partition coefficient (Wildman–Crippen LogP) is 4.78. The van der Waals surface area contributed by atoms with Crippen molar-refractivity contribution in [3.63, 3.8) is 0 Å². The van der Waals surface area contributed by atoms with E-state index in [2.05, 4.69) is 5.32 Å². The van der Waals surface area contributed by atoms with Crippen LogP contribution >= 0.6 is 0 Å². The maximum absolute atomic E-state index is 12.5.